The Morgan fingerprint density at radius 2 is 1.82 bits per heavy atom. The highest BCUT2D eigenvalue weighted by Gasteiger charge is 2.29. The van der Waals surface area contributed by atoms with Gasteiger partial charge in [0.1, 0.15) is 5.82 Å². The molecule has 0 spiro atoms. The molecule has 1 aliphatic carbocycles. The van der Waals surface area contributed by atoms with Crippen molar-refractivity contribution in [1.82, 2.24) is 20.5 Å². The molecule has 3 aromatic rings. The van der Waals surface area contributed by atoms with Crippen LogP contribution < -0.4 is 15.5 Å². The summed E-state index contributed by atoms with van der Waals surface area (Å²) in [7, 11) is 0. The fourth-order valence-corrected chi connectivity index (χ4v) is 5.18. The second kappa shape index (κ2) is 10.1. The van der Waals surface area contributed by atoms with E-state index >= 15 is 0 Å². The summed E-state index contributed by atoms with van der Waals surface area (Å²) >= 11 is 0. The van der Waals surface area contributed by atoms with Crippen LogP contribution in [-0.2, 0) is 0 Å². The quantitative estimate of drug-likeness (QED) is 0.527. The Morgan fingerprint density at radius 3 is 2.61 bits per heavy atom. The molecule has 3 heterocycles. The first kappa shape index (κ1) is 21.5. The van der Waals surface area contributed by atoms with Gasteiger partial charge in [0.25, 0.3) is 0 Å². The zero-order valence-corrected chi connectivity index (χ0v) is 18.9. The minimum absolute atomic E-state index is 0.369. The topological polar surface area (TPSA) is 92.7 Å². The van der Waals surface area contributed by atoms with Gasteiger partial charge in [0, 0.05) is 54.9 Å². The molecule has 2 fully saturated rings. The summed E-state index contributed by atoms with van der Waals surface area (Å²) in [5.74, 6) is 0.920. The monoisotopic (exact) mass is 441 g/mol. The number of nitrogens with one attached hydrogen (secondary N) is 3. The van der Waals surface area contributed by atoms with Gasteiger partial charge in [-0.05, 0) is 68.1 Å². The predicted octanol–water partition coefficient (Wildman–Crippen LogP) is 4.33. The van der Waals surface area contributed by atoms with E-state index in [0.717, 1.165) is 36.6 Å². The summed E-state index contributed by atoms with van der Waals surface area (Å²) in [6.45, 7) is 2.07. The first-order chi connectivity index (χ1) is 16.3. The molecule has 3 N–H and O–H groups in total. The van der Waals surface area contributed by atoms with E-state index in [0.29, 0.717) is 23.7 Å². The number of aromatic nitrogens is 3. The SMILES string of the molecule is N#Cc1ccc(N2CCCC(NC3CCCCC3Nc3cc(-c4ccn[nH]4)ccn3)C2)cc1. The van der Waals surface area contributed by atoms with E-state index in [1.165, 1.54) is 37.8 Å². The number of nitrogens with zero attached hydrogens (tertiary/aromatic N) is 4. The molecule has 7 nitrogen and oxygen atoms in total. The van der Waals surface area contributed by atoms with E-state index in [1.807, 2.05) is 30.5 Å². The van der Waals surface area contributed by atoms with E-state index in [2.05, 4.69) is 55.0 Å². The van der Waals surface area contributed by atoms with Gasteiger partial charge < -0.3 is 15.5 Å². The summed E-state index contributed by atoms with van der Waals surface area (Å²) in [5, 5.41) is 23.9. The lowest BCUT2D eigenvalue weighted by Gasteiger charge is -2.40. The summed E-state index contributed by atoms with van der Waals surface area (Å²) in [6.07, 6.45) is 10.9. The Balaban J connectivity index is 1.23. The van der Waals surface area contributed by atoms with Crippen LogP contribution in [0, 0.1) is 11.3 Å². The van der Waals surface area contributed by atoms with Crippen molar-refractivity contribution >= 4 is 11.5 Å². The van der Waals surface area contributed by atoms with Crippen LogP contribution in [0.1, 0.15) is 44.1 Å². The number of rotatable bonds is 6. The Bertz CT molecular complexity index is 1070. The Morgan fingerprint density at radius 1 is 0.970 bits per heavy atom. The van der Waals surface area contributed by atoms with Crippen molar-refractivity contribution < 1.29 is 0 Å². The largest absolute Gasteiger partial charge is 0.370 e. The van der Waals surface area contributed by atoms with Gasteiger partial charge >= 0.3 is 0 Å². The van der Waals surface area contributed by atoms with Crippen LogP contribution in [0.2, 0.25) is 0 Å². The maximum atomic E-state index is 9.07. The zero-order chi connectivity index (χ0) is 22.5. The first-order valence-corrected chi connectivity index (χ1v) is 12.0. The van der Waals surface area contributed by atoms with Crippen molar-refractivity contribution in [3.05, 3.63) is 60.4 Å². The number of aromatic amines is 1. The fraction of sp³-hybridized carbons (Fsp3) is 0.423. The summed E-state index contributed by atoms with van der Waals surface area (Å²) in [6, 6.07) is 17.5. The lowest BCUT2D eigenvalue weighted by atomic mass is 9.89. The van der Waals surface area contributed by atoms with E-state index in [1.54, 1.807) is 6.20 Å². The standard InChI is InChI=1S/C26H31N7/c27-17-19-7-9-22(10-8-19)33-15-3-4-21(18-33)30-24-5-1-2-6-25(24)31-26-16-20(11-13-28-26)23-12-14-29-32-23/h7-14,16,21,24-25,30H,1-6,15,18H2,(H,28,31)(H,29,32). The van der Waals surface area contributed by atoms with Crippen LogP contribution >= 0.6 is 0 Å². The maximum absolute atomic E-state index is 9.07. The van der Waals surface area contributed by atoms with Crippen molar-refractivity contribution in [3.8, 4) is 17.3 Å². The average Bonchev–Trinajstić information content (AvgIpc) is 3.41. The predicted molar refractivity (Wildman–Crippen MR) is 131 cm³/mol. The second-order valence-electron chi connectivity index (χ2n) is 9.15. The van der Waals surface area contributed by atoms with E-state index < -0.39 is 0 Å². The van der Waals surface area contributed by atoms with Gasteiger partial charge in [0.2, 0.25) is 0 Å². The number of hydrogen-bond donors (Lipinski definition) is 3. The molecule has 3 unspecified atom stereocenters. The third-order valence-electron chi connectivity index (χ3n) is 6.90. The second-order valence-corrected chi connectivity index (χ2v) is 9.15. The number of benzene rings is 1. The summed E-state index contributed by atoms with van der Waals surface area (Å²) < 4.78 is 0. The van der Waals surface area contributed by atoms with Crippen LogP contribution in [0.5, 0.6) is 0 Å². The molecule has 3 atom stereocenters. The Hall–Kier alpha value is -3.37. The van der Waals surface area contributed by atoms with Crippen molar-refractivity contribution in [2.75, 3.05) is 23.3 Å². The highest BCUT2D eigenvalue weighted by molar-refractivity contribution is 5.62. The van der Waals surface area contributed by atoms with Gasteiger partial charge in [0.05, 0.1) is 17.3 Å². The lowest BCUT2D eigenvalue weighted by molar-refractivity contribution is 0.293. The molecular weight excluding hydrogens is 410 g/mol. The van der Waals surface area contributed by atoms with E-state index in [-0.39, 0.29) is 0 Å². The summed E-state index contributed by atoms with van der Waals surface area (Å²) in [4.78, 5) is 7.03. The highest BCUT2D eigenvalue weighted by Crippen LogP contribution is 2.26. The molecule has 1 saturated heterocycles. The molecule has 1 aromatic carbocycles. The molecule has 1 saturated carbocycles. The molecule has 7 heteroatoms. The molecule has 0 amide bonds. The molecule has 0 radical (unpaired) electrons. The summed E-state index contributed by atoms with van der Waals surface area (Å²) in [5.41, 5.74) is 4.02. The van der Waals surface area contributed by atoms with Crippen molar-refractivity contribution in [2.45, 2.75) is 56.7 Å². The van der Waals surface area contributed by atoms with Gasteiger partial charge in [-0.1, -0.05) is 12.8 Å². The van der Waals surface area contributed by atoms with Crippen LogP contribution in [0.15, 0.2) is 54.9 Å². The number of nitriles is 1. The lowest BCUT2D eigenvalue weighted by Crippen LogP contribution is -2.54. The minimum atomic E-state index is 0.369. The molecule has 33 heavy (non-hydrogen) atoms. The Labute approximate surface area is 195 Å². The molecule has 1 aliphatic heterocycles. The van der Waals surface area contributed by atoms with Gasteiger partial charge in [-0.3, -0.25) is 5.10 Å². The van der Waals surface area contributed by atoms with Crippen molar-refractivity contribution in [1.29, 1.82) is 5.26 Å². The van der Waals surface area contributed by atoms with Crippen LogP contribution in [0.4, 0.5) is 11.5 Å². The van der Waals surface area contributed by atoms with Crippen LogP contribution in [0.3, 0.4) is 0 Å². The molecule has 2 aromatic heterocycles. The molecule has 170 valence electrons. The van der Waals surface area contributed by atoms with Crippen LogP contribution in [-0.4, -0.2) is 46.4 Å². The zero-order valence-electron chi connectivity index (χ0n) is 18.9. The number of hydrogen-bond acceptors (Lipinski definition) is 6. The Kier molecular flexibility index (Phi) is 6.54. The van der Waals surface area contributed by atoms with Crippen LogP contribution in [0.25, 0.3) is 11.3 Å². The van der Waals surface area contributed by atoms with Crippen molar-refractivity contribution in [2.24, 2.45) is 0 Å². The third-order valence-corrected chi connectivity index (χ3v) is 6.90. The van der Waals surface area contributed by atoms with E-state index in [9.17, 15) is 0 Å². The normalized spacial score (nSPS) is 23.1. The van der Waals surface area contributed by atoms with Crippen molar-refractivity contribution in [3.63, 3.8) is 0 Å². The number of pyridine rings is 1. The maximum Gasteiger partial charge on any atom is 0.126 e. The van der Waals surface area contributed by atoms with E-state index in [4.69, 9.17) is 5.26 Å². The third kappa shape index (κ3) is 5.18. The minimum Gasteiger partial charge on any atom is -0.370 e. The van der Waals surface area contributed by atoms with Gasteiger partial charge in [-0.2, -0.15) is 10.4 Å². The molecule has 2 aliphatic rings. The van der Waals surface area contributed by atoms with Gasteiger partial charge in [0.15, 0.2) is 0 Å². The number of piperidine rings is 1. The fourth-order valence-electron chi connectivity index (χ4n) is 5.18. The first-order valence-electron chi connectivity index (χ1n) is 12.0. The molecule has 0 bridgehead atoms. The van der Waals surface area contributed by atoms with Gasteiger partial charge in [-0.25, -0.2) is 4.98 Å². The number of H-pyrrole nitrogens is 1. The highest BCUT2D eigenvalue weighted by atomic mass is 15.2. The smallest absolute Gasteiger partial charge is 0.126 e. The number of anilines is 2. The average molecular weight is 442 g/mol. The molecule has 5 rings (SSSR count). The van der Waals surface area contributed by atoms with Gasteiger partial charge in [-0.15, -0.1) is 0 Å². The molecular formula is C26H31N7.